The van der Waals surface area contributed by atoms with E-state index in [0.717, 1.165) is 18.5 Å². The van der Waals surface area contributed by atoms with Crippen molar-refractivity contribution >= 4 is 11.6 Å². The van der Waals surface area contributed by atoms with Gasteiger partial charge in [0, 0.05) is 6.04 Å². The Bertz CT molecular complexity index is 389. The molecule has 3 atom stereocenters. The van der Waals surface area contributed by atoms with Crippen LogP contribution in [0, 0.1) is 11.8 Å². The smallest absolute Gasteiger partial charge is 0.1000 e. The molecule has 3 unspecified atom stereocenters. The van der Waals surface area contributed by atoms with Crippen molar-refractivity contribution in [2.45, 2.75) is 52.2 Å². The summed E-state index contributed by atoms with van der Waals surface area (Å²) in [6.45, 7) is 6.35. The van der Waals surface area contributed by atoms with E-state index in [4.69, 9.17) is 11.6 Å². The highest BCUT2D eigenvalue weighted by Crippen LogP contribution is 2.41. The highest BCUT2D eigenvalue weighted by Gasteiger charge is 2.32. The number of rotatable bonds is 3. The van der Waals surface area contributed by atoms with Gasteiger partial charge in [-0.15, -0.1) is 0 Å². The van der Waals surface area contributed by atoms with Gasteiger partial charge in [0.25, 0.3) is 0 Å². The van der Waals surface area contributed by atoms with Gasteiger partial charge in [0.2, 0.25) is 0 Å². The number of aliphatic hydroxyl groups excluding tert-OH is 1. The molecule has 1 aromatic heterocycles. The van der Waals surface area contributed by atoms with E-state index in [2.05, 4.69) is 25.9 Å². The molecular formula is C13H21ClN2O. The maximum atomic E-state index is 10.5. The van der Waals surface area contributed by atoms with Gasteiger partial charge in [-0.3, -0.25) is 4.68 Å². The second-order valence-corrected chi connectivity index (χ2v) is 5.95. The van der Waals surface area contributed by atoms with Gasteiger partial charge in [0.1, 0.15) is 0 Å². The fraction of sp³-hybridized carbons (Fsp3) is 0.769. The second-order valence-electron chi connectivity index (χ2n) is 5.54. The molecule has 1 saturated carbocycles. The average molecular weight is 257 g/mol. The molecule has 0 spiro atoms. The van der Waals surface area contributed by atoms with Gasteiger partial charge in [-0.1, -0.05) is 24.9 Å². The quantitative estimate of drug-likeness (QED) is 0.898. The Morgan fingerprint density at radius 3 is 2.71 bits per heavy atom. The summed E-state index contributed by atoms with van der Waals surface area (Å²) in [5.41, 5.74) is 0.792. The van der Waals surface area contributed by atoms with Crippen LogP contribution in [0.15, 0.2) is 6.20 Å². The van der Waals surface area contributed by atoms with Crippen molar-refractivity contribution in [1.82, 2.24) is 9.78 Å². The molecule has 1 aliphatic rings. The summed E-state index contributed by atoms with van der Waals surface area (Å²) in [5, 5.41) is 15.3. The average Bonchev–Trinajstić information content (AvgIpc) is 2.83. The summed E-state index contributed by atoms with van der Waals surface area (Å²) in [5.74, 6) is 1.04. The molecule has 0 bridgehead atoms. The predicted octanol–water partition coefficient (Wildman–Crippen LogP) is 3.59. The molecule has 4 heteroatoms. The molecule has 2 rings (SSSR count). The van der Waals surface area contributed by atoms with E-state index >= 15 is 0 Å². The van der Waals surface area contributed by atoms with Crippen LogP contribution >= 0.6 is 11.6 Å². The minimum absolute atomic E-state index is 0.228. The molecule has 1 aromatic rings. The van der Waals surface area contributed by atoms with Gasteiger partial charge in [0.05, 0.1) is 23.0 Å². The van der Waals surface area contributed by atoms with Crippen molar-refractivity contribution in [2.75, 3.05) is 0 Å². The number of aromatic nitrogens is 2. The number of hydrogen-bond acceptors (Lipinski definition) is 2. The molecule has 1 aliphatic carbocycles. The van der Waals surface area contributed by atoms with Crippen molar-refractivity contribution in [3.63, 3.8) is 0 Å². The molecular weight excluding hydrogens is 236 g/mol. The summed E-state index contributed by atoms with van der Waals surface area (Å²) in [7, 11) is 0. The highest BCUT2D eigenvalue weighted by molar-refractivity contribution is 6.31. The van der Waals surface area contributed by atoms with E-state index in [1.807, 2.05) is 4.68 Å². The molecule has 96 valence electrons. The maximum absolute atomic E-state index is 10.5. The lowest BCUT2D eigenvalue weighted by Crippen LogP contribution is -2.17. The Kier molecular flexibility index (Phi) is 3.79. The lowest BCUT2D eigenvalue weighted by atomic mass is 9.97. The first kappa shape index (κ1) is 12.9. The molecule has 17 heavy (non-hydrogen) atoms. The zero-order valence-electron chi connectivity index (χ0n) is 10.7. The number of nitrogens with zero attached hydrogens (tertiary/aromatic N) is 2. The monoisotopic (exact) mass is 256 g/mol. The molecule has 0 saturated heterocycles. The Morgan fingerprint density at radius 2 is 2.18 bits per heavy atom. The lowest BCUT2D eigenvalue weighted by molar-refractivity contribution is 0.0988. The molecule has 1 heterocycles. The summed E-state index contributed by atoms with van der Waals surface area (Å²) in [4.78, 5) is 0. The fourth-order valence-corrected chi connectivity index (χ4v) is 3.04. The summed E-state index contributed by atoms with van der Waals surface area (Å²) < 4.78 is 1.84. The summed E-state index contributed by atoms with van der Waals surface area (Å²) in [6, 6.07) is 0.228. The molecule has 0 aliphatic heterocycles. The minimum atomic E-state index is -0.475. The number of halogens is 1. The van der Waals surface area contributed by atoms with Gasteiger partial charge in [-0.2, -0.15) is 5.10 Å². The Hall–Kier alpha value is -0.540. The van der Waals surface area contributed by atoms with Crippen LogP contribution in [-0.4, -0.2) is 14.9 Å². The maximum Gasteiger partial charge on any atom is 0.1000 e. The molecule has 0 aromatic carbocycles. The first-order chi connectivity index (χ1) is 8.00. The van der Waals surface area contributed by atoms with Crippen LogP contribution in [-0.2, 0) is 0 Å². The topological polar surface area (TPSA) is 38.1 Å². The van der Waals surface area contributed by atoms with Crippen molar-refractivity contribution in [3.8, 4) is 0 Å². The highest BCUT2D eigenvalue weighted by atomic mass is 35.5. The molecule has 3 nitrogen and oxygen atoms in total. The van der Waals surface area contributed by atoms with Crippen LogP contribution in [0.3, 0.4) is 0 Å². The third-order valence-electron chi connectivity index (χ3n) is 3.74. The normalized spacial score (nSPS) is 26.7. The Labute approximate surface area is 108 Å². The standard InChI is InChI=1S/C13H21ClN2O/c1-8(2)16-12(11(14)7-15-16)13(17)10-5-4-9(3)6-10/h7-10,13,17H,4-6H2,1-3H3. The van der Waals surface area contributed by atoms with Crippen molar-refractivity contribution in [2.24, 2.45) is 11.8 Å². The van der Waals surface area contributed by atoms with Gasteiger partial charge in [0.15, 0.2) is 0 Å². The summed E-state index contributed by atoms with van der Waals surface area (Å²) >= 11 is 6.16. The summed E-state index contributed by atoms with van der Waals surface area (Å²) in [6.07, 6.45) is 4.54. The van der Waals surface area contributed by atoms with Crippen molar-refractivity contribution in [1.29, 1.82) is 0 Å². The van der Waals surface area contributed by atoms with Crippen LogP contribution in [0.25, 0.3) is 0 Å². The van der Waals surface area contributed by atoms with Crippen LogP contribution in [0.1, 0.15) is 57.9 Å². The second kappa shape index (κ2) is 4.99. The van der Waals surface area contributed by atoms with Gasteiger partial charge >= 0.3 is 0 Å². The number of hydrogen-bond donors (Lipinski definition) is 1. The fourth-order valence-electron chi connectivity index (χ4n) is 2.80. The van der Waals surface area contributed by atoms with Crippen LogP contribution in [0.5, 0.6) is 0 Å². The van der Waals surface area contributed by atoms with E-state index in [0.29, 0.717) is 16.9 Å². The van der Waals surface area contributed by atoms with E-state index < -0.39 is 6.10 Å². The predicted molar refractivity (Wildman–Crippen MR) is 69.1 cm³/mol. The number of aliphatic hydroxyl groups is 1. The zero-order chi connectivity index (χ0) is 12.6. The zero-order valence-corrected chi connectivity index (χ0v) is 11.5. The first-order valence-electron chi connectivity index (χ1n) is 6.41. The van der Waals surface area contributed by atoms with E-state index in [-0.39, 0.29) is 6.04 Å². The Balaban J connectivity index is 2.24. The van der Waals surface area contributed by atoms with Crippen LogP contribution in [0.2, 0.25) is 5.02 Å². The molecule has 0 radical (unpaired) electrons. The van der Waals surface area contributed by atoms with Crippen molar-refractivity contribution in [3.05, 3.63) is 16.9 Å². The molecule has 1 N–H and O–H groups in total. The van der Waals surface area contributed by atoms with Gasteiger partial charge in [-0.05, 0) is 38.5 Å². The van der Waals surface area contributed by atoms with E-state index in [9.17, 15) is 5.11 Å². The van der Waals surface area contributed by atoms with Crippen LogP contribution < -0.4 is 0 Å². The minimum Gasteiger partial charge on any atom is -0.386 e. The van der Waals surface area contributed by atoms with Crippen molar-refractivity contribution < 1.29 is 5.11 Å². The van der Waals surface area contributed by atoms with Gasteiger partial charge in [-0.25, -0.2) is 0 Å². The SMILES string of the molecule is CC1CCC(C(O)c2c(Cl)cnn2C(C)C)C1. The third kappa shape index (κ3) is 2.50. The third-order valence-corrected chi connectivity index (χ3v) is 4.03. The lowest BCUT2D eigenvalue weighted by Gasteiger charge is -2.21. The largest absolute Gasteiger partial charge is 0.386 e. The van der Waals surface area contributed by atoms with Crippen LogP contribution in [0.4, 0.5) is 0 Å². The van der Waals surface area contributed by atoms with Gasteiger partial charge < -0.3 is 5.11 Å². The van der Waals surface area contributed by atoms with E-state index in [1.54, 1.807) is 6.20 Å². The van der Waals surface area contributed by atoms with E-state index in [1.165, 1.54) is 6.42 Å². The first-order valence-corrected chi connectivity index (χ1v) is 6.79. The molecule has 1 fully saturated rings. The molecule has 0 amide bonds. The Morgan fingerprint density at radius 1 is 1.47 bits per heavy atom.